The molecule has 2 aliphatic rings. The maximum absolute atomic E-state index is 13.8. The van der Waals surface area contributed by atoms with Crippen LogP contribution in [0.25, 0.3) is 11.1 Å². The normalized spacial score (nSPS) is 19.8. The quantitative estimate of drug-likeness (QED) is 0.419. The number of hydrogen-bond donors (Lipinski definition) is 1. The Balaban J connectivity index is 1.30. The zero-order valence-electron chi connectivity index (χ0n) is 23.1. The lowest BCUT2D eigenvalue weighted by atomic mass is 10.0. The highest BCUT2D eigenvalue weighted by atomic mass is 32.2. The van der Waals surface area contributed by atoms with E-state index in [2.05, 4.69) is 10.3 Å². The van der Waals surface area contributed by atoms with Gasteiger partial charge in [-0.1, -0.05) is 62.4 Å². The van der Waals surface area contributed by atoms with Crippen LogP contribution >= 0.6 is 0 Å². The number of likely N-dealkylation sites (tertiary alicyclic amines) is 1. The third kappa shape index (κ3) is 6.23. The second-order valence-corrected chi connectivity index (χ2v) is 12.9. The number of carbonyl (C=O) groups excluding carboxylic acids is 3. The van der Waals surface area contributed by atoms with Crippen LogP contribution in [0.3, 0.4) is 0 Å². The minimum Gasteiger partial charge on any atom is -0.340 e. The number of carbonyl (C=O) groups is 3. The van der Waals surface area contributed by atoms with Crippen LogP contribution in [-0.4, -0.2) is 71.4 Å². The van der Waals surface area contributed by atoms with E-state index in [1.165, 1.54) is 15.4 Å². The summed E-state index contributed by atoms with van der Waals surface area (Å²) in [5, 5.41) is 2.89. The minimum absolute atomic E-state index is 0.0950. The maximum Gasteiger partial charge on any atom is 0.251 e. The van der Waals surface area contributed by atoms with Crippen molar-refractivity contribution in [2.45, 2.75) is 50.6 Å². The van der Waals surface area contributed by atoms with E-state index in [0.717, 1.165) is 11.1 Å². The number of fused-ring (bicyclic) bond motifs is 1. The fraction of sp³-hybridized carbons (Fsp3) is 0.355. The lowest BCUT2D eigenvalue weighted by molar-refractivity contribution is -0.138. The van der Waals surface area contributed by atoms with Gasteiger partial charge in [0.15, 0.2) is 5.78 Å². The summed E-state index contributed by atoms with van der Waals surface area (Å²) in [6.07, 6.45) is 2.27. The number of ketones is 1. The smallest absolute Gasteiger partial charge is 0.251 e. The monoisotopic (exact) mass is 574 g/mol. The second-order valence-electron chi connectivity index (χ2n) is 11.0. The largest absolute Gasteiger partial charge is 0.340 e. The van der Waals surface area contributed by atoms with Crippen molar-refractivity contribution in [1.29, 1.82) is 0 Å². The highest BCUT2D eigenvalue weighted by Crippen LogP contribution is 2.33. The predicted octanol–water partition coefficient (Wildman–Crippen LogP) is 3.28. The van der Waals surface area contributed by atoms with Gasteiger partial charge in [-0.3, -0.25) is 19.4 Å². The van der Waals surface area contributed by atoms with Gasteiger partial charge in [-0.2, -0.15) is 4.31 Å². The lowest BCUT2D eigenvalue weighted by Crippen LogP contribution is -2.53. The van der Waals surface area contributed by atoms with Gasteiger partial charge in [0.2, 0.25) is 15.9 Å². The summed E-state index contributed by atoms with van der Waals surface area (Å²) in [5.74, 6) is -1.27. The Labute approximate surface area is 240 Å². The molecule has 5 rings (SSSR count). The fourth-order valence-corrected chi connectivity index (χ4v) is 7.38. The van der Waals surface area contributed by atoms with E-state index < -0.39 is 28.1 Å². The third-order valence-corrected chi connectivity index (χ3v) is 9.41. The van der Waals surface area contributed by atoms with Gasteiger partial charge in [-0.15, -0.1) is 0 Å². The van der Waals surface area contributed by atoms with Crippen LogP contribution in [0, 0.1) is 5.92 Å². The number of hydrogen-bond acceptors (Lipinski definition) is 6. The van der Waals surface area contributed by atoms with Crippen molar-refractivity contribution in [2.24, 2.45) is 5.92 Å². The van der Waals surface area contributed by atoms with Gasteiger partial charge in [-0.25, -0.2) is 8.42 Å². The van der Waals surface area contributed by atoms with Gasteiger partial charge in [0.25, 0.3) is 5.91 Å². The van der Waals surface area contributed by atoms with E-state index in [0.29, 0.717) is 24.1 Å². The Morgan fingerprint density at radius 3 is 2.32 bits per heavy atom. The first-order valence-electron chi connectivity index (χ1n) is 13.8. The van der Waals surface area contributed by atoms with Crippen LogP contribution in [0.5, 0.6) is 0 Å². The SMILES string of the molecule is CC(C)CC(NC(=O)c1ccc(-c2ccccc2)cc1)C(=O)N1CCC2C1C(=O)CN2S(=O)(=O)Cc1ccccn1. The minimum atomic E-state index is -3.82. The number of nitrogens with one attached hydrogen (secondary N) is 1. The highest BCUT2D eigenvalue weighted by molar-refractivity contribution is 7.88. The molecule has 1 aromatic heterocycles. The predicted molar refractivity (Wildman–Crippen MR) is 155 cm³/mol. The fourth-order valence-electron chi connectivity index (χ4n) is 5.71. The van der Waals surface area contributed by atoms with Gasteiger partial charge < -0.3 is 10.2 Å². The molecule has 2 aromatic carbocycles. The van der Waals surface area contributed by atoms with E-state index in [1.807, 2.05) is 56.3 Å². The Hall–Kier alpha value is -3.89. The molecule has 10 heteroatoms. The summed E-state index contributed by atoms with van der Waals surface area (Å²) in [4.78, 5) is 45.7. The molecule has 0 saturated carbocycles. The molecule has 1 N–H and O–H groups in total. The summed E-state index contributed by atoms with van der Waals surface area (Å²) in [5.41, 5.74) is 2.83. The first kappa shape index (κ1) is 28.6. The molecule has 2 fully saturated rings. The van der Waals surface area contributed by atoms with Crippen LogP contribution in [0.1, 0.15) is 42.7 Å². The molecule has 3 heterocycles. The van der Waals surface area contributed by atoms with Crippen LogP contribution in [-0.2, 0) is 25.4 Å². The van der Waals surface area contributed by atoms with Crippen LogP contribution in [0.2, 0.25) is 0 Å². The molecular weight excluding hydrogens is 540 g/mol. The van der Waals surface area contributed by atoms with Crippen molar-refractivity contribution in [3.8, 4) is 11.1 Å². The van der Waals surface area contributed by atoms with Gasteiger partial charge in [0, 0.05) is 18.3 Å². The summed E-state index contributed by atoms with van der Waals surface area (Å²) >= 11 is 0. The van der Waals surface area contributed by atoms with Crippen LogP contribution in [0.4, 0.5) is 0 Å². The molecule has 2 aliphatic heterocycles. The molecule has 3 aromatic rings. The maximum atomic E-state index is 13.8. The highest BCUT2D eigenvalue weighted by Gasteiger charge is 2.54. The molecule has 2 amide bonds. The molecule has 0 bridgehead atoms. The van der Waals surface area contributed by atoms with Gasteiger partial charge in [-0.05, 0) is 54.2 Å². The lowest BCUT2D eigenvalue weighted by Gasteiger charge is -2.29. The Morgan fingerprint density at radius 1 is 0.976 bits per heavy atom. The van der Waals surface area contributed by atoms with Crippen molar-refractivity contribution in [1.82, 2.24) is 19.5 Å². The zero-order chi connectivity index (χ0) is 29.1. The van der Waals surface area contributed by atoms with E-state index in [9.17, 15) is 22.8 Å². The molecule has 3 unspecified atom stereocenters. The number of aromatic nitrogens is 1. The first-order valence-corrected chi connectivity index (χ1v) is 15.4. The van der Waals surface area contributed by atoms with Gasteiger partial charge >= 0.3 is 0 Å². The van der Waals surface area contributed by atoms with E-state index in [1.54, 1.807) is 30.3 Å². The summed E-state index contributed by atoms with van der Waals surface area (Å²) in [7, 11) is -3.82. The third-order valence-electron chi connectivity index (χ3n) is 7.64. The van der Waals surface area contributed by atoms with Crippen molar-refractivity contribution in [2.75, 3.05) is 13.1 Å². The Kier molecular flexibility index (Phi) is 8.32. The summed E-state index contributed by atoms with van der Waals surface area (Å²) < 4.78 is 27.7. The summed E-state index contributed by atoms with van der Waals surface area (Å²) in [6.45, 7) is 3.88. The van der Waals surface area contributed by atoms with Gasteiger partial charge in [0.1, 0.15) is 17.8 Å². The molecule has 0 aliphatic carbocycles. The number of amides is 2. The van der Waals surface area contributed by atoms with Crippen molar-refractivity contribution in [3.63, 3.8) is 0 Å². The number of Topliss-reactive ketones (excluding diaryl/α,β-unsaturated/α-hetero) is 1. The van der Waals surface area contributed by atoms with Gasteiger partial charge in [0.05, 0.1) is 18.3 Å². The Morgan fingerprint density at radius 2 is 1.66 bits per heavy atom. The molecule has 0 radical (unpaired) electrons. The van der Waals surface area contributed by atoms with E-state index >= 15 is 0 Å². The first-order chi connectivity index (χ1) is 19.6. The van der Waals surface area contributed by atoms with Crippen LogP contribution in [0.15, 0.2) is 79.0 Å². The second kappa shape index (κ2) is 11.9. The molecule has 2 saturated heterocycles. The summed E-state index contributed by atoms with van der Waals surface area (Å²) in [6, 6.07) is 19.7. The average Bonchev–Trinajstić information content (AvgIpc) is 3.54. The molecule has 41 heavy (non-hydrogen) atoms. The topological polar surface area (TPSA) is 117 Å². The van der Waals surface area contributed by atoms with Crippen molar-refractivity contribution < 1.29 is 22.8 Å². The molecule has 9 nitrogen and oxygen atoms in total. The molecule has 0 spiro atoms. The number of benzene rings is 2. The molecule has 3 atom stereocenters. The molecular formula is C31H34N4O5S. The van der Waals surface area contributed by atoms with Crippen molar-refractivity contribution >= 4 is 27.6 Å². The molecule has 214 valence electrons. The number of pyridine rings is 1. The van der Waals surface area contributed by atoms with E-state index in [-0.39, 0.29) is 42.4 Å². The zero-order valence-corrected chi connectivity index (χ0v) is 24.0. The Bertz CT molecular complexity index is 1510. The van der Waals surface area contributed by atoms with Crippen molar-refractivity contribution in [3.05, 3.63) is 90.3 Å². The number of nitrogens with zero attached hydrogens (tertiary/aromatic N) is 3. The standard InChI is InChI=1S/C31H34N4O5S/c1-21(2)18-26(33-30(37)24-13-11-23(12-14-24)22-8-4-3-5-9-22)31(38)34-17-15-27-29(34)28(36)19-35(27)41(39,40)20-25-10-6-7-16-32-25/h3-14,16,21,26-27,29H,15,17-20H2,1-2H3,(H,33,37). The number of rotatable bonds is 9. The van der Waals surface area contributed by atoms with Crippen LogP contribution < -0.4 is 5.32 Å². The van der Waals surface area contributed by atoms with E-state index in [4.69, 9.17) is 0 Å². The average molecular weight is 575 g/mol. The number of sulfonamides is 1.